The van der Waals surface area contributed by atoms with Gasteiger partial charge in [-0.05, 0) is 19.1 Å². The number of benzene rings is 1. The van der Waals surface area contributed by atoms with Gasteiger partial charge >= 0.3 is 0 Å². The number of fused-ring (bicyclic) bond motifs is 2. The largest absolute Gasteiger partial charge is 0.368 e. The van der Waals surface area contributed by atoms with Crippen molar-refractivity contribution in [1.82, 2.24) is 24.5 Å². The van der Waals surface area contributed by atoms with Crippen LogP contribution in [0.15, 0.2) is 36.8 Å². The van der Waals surface area contributed by atoms with Gasteiger partial charge in [-0.25, -0.2) is 18.2 Å². The first-order valence-corrected chi connectivity index (χ1v) is 11.0. The topological polar surface area (TPSA) is 79.5 Å². The summed E-state index contributed by atoms with van der Waals surface area (Å²) in [5, 5.41) is 10.9. The van der Waals surface area contributed by atoms with Crippen molar-refractivity contribution in [3.63, 3.8) is 0 Å². The molecule has 0 unspecified atom stereocenters. The number of rotatable bonds is 5. The second kappa shape index (κ2) is 8.32. The van der Waals surface area contributed by atoms with Gasteiger partial charge in [-0.15, -0.1) is 0 Å². The van der Waals surface area contributed by atoms with Gasteiger partial charge in [0.05, 0.1) is 16.9 Å². The molecule has 34 heavy (non-hydrogen) atoms. The van der Waals surface area contributed by atoms with Gasteiger partial charge in [0.2, 0.25) is 0 Å². The third kappa shape index (κ3) is 4.30. The van der Waals surface area contributed by atoms with Crippen LogP contribution in [-0.2, 0) is 6.54 Å². The van der Waals surface area contributed by atoms with Crippen LogP contribution < -0.4 is 15.5 Å². The summed E-state index contributed by atoms with van der Waals surface area (Å²) in [6.07, 6.45) is 4.78. The number of hydrogen-bond donors (Lipinski definition) is 2. The van der Waals surface area contributed by atoms with Crippen LogP contribution in [0.25, 0.3) is 16.6 Å². The summed E-state index contributed by atoms with van der Waals surface area (Å²) in [4.78, 5) is 19.4. The summed E-state index contributed by atoms with van der Waals surface area (Å²) in [6.45, 7) is 5.06. The number of nitrogens with zero attached hydrogens (tertiary/aromatic N) is 5. The maximum Gasteiger partial charge on any atom is 0.264 e. The third-order valence-corrected chi connectivity index (χ3v) is 5.73. The molecule has 0 saturated carbocycles. The summed E-state index contributed by atoms with van der Waals surface area (Å²) in [6, 6.07) is 4.64. The van der Waals surface area contributed by atoms with E-state index in [9.17, 15) is 18.0 Å². The summed E-state index contributed by atoms with van der Waals surface area (Å²) in [5.41, 5.74) is 2.42. The highest BCUT2D eigenvalue weighted by Gasteiger charge is 2.25. The molecule has 1 aliphatic heterocycles. The minimum Gasteiger partial charge on any atom is -0.368 e. The average Bonchev–Trinajstić information content (AvgIpc) is 3.35. The Morgan fingerprint density at radius 2 is 1.97 bits per heavy atom. The molecule has 2 N–H and O–H groups in total. The number of piperazine rings is 1. The van der Waals surface area contributed by atoms with E-state index < -0.39 is 24.2 Å². The molecule has 1 aliphatic rings. The number of aromatic nitrogens is 4. The molecule has 1 fully saturated rings. The molecule has 0 spiro atoms. The lowest BCUT2D eigenvalue weighted by Crippen LogP contribution is -2.43. The Labute approximate surface area is 193 Å². The van der Waals surface area contributed by atoms with Crippen molar-refractivity contribution in [3.8, 4) is 0 Å². The van der Waals surface area contributed by atoms with Crippen LogP contribution >= 0.6 is 0 Å². The van der Waals surface area contributed by atoms with Crippen LogP contribution in [0.1, 0.15) is 23.0 Å². The second-order valence-electron chi connectivity index (χ2n) is 8.67. The molecule has 1 amide bonds. The molecule has 0 radical (unpaired) electrons. The summed E-state index contributed by atoms with van der Waals surface area (Å²) < 4.78 is 44.5. The first-order valence-electron chi connectivity index (χ1n) is 11.0. The number of alkyl halides is 2. The van der Waals surface area contributed by atoms with Gasteiger partial charge in [0.25, 0.3) is 11.8 Å². The predicted octanol–water partition coefficient (Wildman–Crippen LogP) is 3.45. The number of pyridine rings is 1. The molecule has 4 heterocycles. The van der Waals surface area contributed by atoms with Crippen molar-refractivity contribution < 1.29 is 18.0 Å². The standard InChI is InChI=1S/C23H24F3N7O/c1-14-10-32-11-15(9-18(24)21(32)28-14)29-22(34)16-3-4-19(31-7-5-27-6-8-31)17-12-33(30-20(16)17)13-23(2,25)26/h3-4,9-12,27H,5-8,13H2,1-2H3,(H,29,34). The number of anilines is 2. The smallest absolute Gasteiger partial charge is 0.264 e. The zero-order chi connectivity index (χ0) is 24.0. The first-order chi connectivity index (χ1) is 16.2. The molecule has 0 bridgehead atoms. The molecular weight excluding hydrogens is 447 g/mol. The van der Waals surface area contributed by atoms with Gasteiger partial charge in [0, 0.05) is 68.8 Å². The Hall–Kier alpha value is -3.60. The molecule has 0 atom stereocenters. The Morgan fingerprint density at radius 3 is 2.71 bits per heavy atom. The fourth-order valence-electron chi connectivity index (χ4n) is 4.32. The van der Waals surface area contributed by atoms with Crippen molar-refractivity contribution in [2.75, 3.05) is 36.4 Å². The Kier molecular flexibility index (Phi) is 5.43. The average molecular weight is 471 g/mol. The number of hydrogen-bond acceptors (Lipinski definition) is 5. The minimum absolute atomic E-state index is 0.164. The number of aryl methyl sites for hydroxylation is 1. The SMILES string of the molecule is Cc1cn2cc(NC(=O)c3ccc(N4CCNCC4)c4cn(CC(C)(F)F)nc34)cc(F)c2n1. The quantitative estimate of drug-likeness (QED) is 0.466. The van der Waals surface area contributed by atoms with Crippen LogP contribution in [0.2, 0.25) is 0 Å². The number of halogens is 3. The van der Waals surface area contributed by atoms with E-state index in [-0.39, 0.29) is 16.9 Å². The van der Waals surface area contributed by atoms with E-state index in [0.717, 1.165) is 38.8 Å². The Morgan fingerprint density at radius 1 is 1.21 bits per heavy atom. The van der Waals surface area contributed by atoms with Gasteiger partial charge in [-0.3, -0.25) is 9.48 Å². The molecule has 3 aromatic heterocycles. The van der Waals surface area contributed by atoms with Crippen LogP contribution in [0.3, 0.4) is 0 Å². The van der Waals surface area contributed by atoms with E-state index in [0.29, 0.717) is 16.6 Å². The van der Waals surface area contributed by atoms with Gasteiger partial charge in [-0.1, -0.05) is 0 Å². The summed E-state index contributed by atoms with van der Waals surface area (Å²) in [5.74, 6) is -4.05. The van der Waals surface area contributed by atoms with Crippen LogP contribution in [0, 0.1) is 12.7 Å². The zero-order valence-corrected chi connectivity index (χ0v) is 18.8. The molecular formula is C23H24F3N7O. The fraction of sp³-hybridized carbons (Fsp3) is 0.348. The lowest BCUT2D eigenvalue weighted by molar-refractivity contribution is 0.000789. The number of imidazole rings is 1. The monoisotopic (exact) mass is 471 g/mol. The van der Waals surface area contributed by atoms with Crippen LogP contribution in [0.5, 0.6) is 0 Å². The highest BCUT2D eigenvalue weighted by molar-refractivity contribution is 6.13. The Balaban J connectivity index is 1.53. The maximum atomic E-state index is 14.5. The number of carbonyl (C=O) groups is 1. The second-order valence-corrected chi connectivity index (χ2v) is 8.67. The van der Waals surface area contributed by atoms with E-state index in [2.05, 4.69) is 25.6 Å². The van der Waals surface area contributed by atoms with E-state index in [1.807, 2.05) is 6.07 Å². The van der Waals surface area contributed by atoms with Gasteiger partial charge in [0.15, 0.2) is 11.5 Å². The van der Waals surface area contributed by atoms with Gasteiger partial charge < -0.3 is 19.9 Å². The van der Waals surface area contributed by atoms with Crippen molar-refractivity contribution in [3.05, 3.63) is 53.9 Å². The minimum atomic E-state index is -2.96. The molecule has 8 nitrogen and oxygen atoms in total. The Bertz CT molecular complexity index is 1380. The van der Waals surface area contributed by atoms with Crippen molar-refractivity contribution in [2.24, 2.45) is 0 Å². The van der Waals surface area contributed by atoms with Crippen LogP contribution in [-0.4, -0.2) is 57.2 Å². The molecule has 178 valence electrons. The third-order valence-electron chi connectivity index (χ3n) is 5.73. The highest BCUT2D eigenvalue weighted by atomic mass is 19.3. The molecule has 11 heteroatoms. The maximum absolute atomic E-state index is 14.5. The van der Waals surface area contributed by atoms with Crippen molar-refractivity contribution >= 4 is 33.8 Å². The van der Waals surface area contributed by atoms with E-state index in [1.54, 1.807) is 31.6 Å². The molecule has 5 rings (SSSR count). The lowest BCUT2D eigenvalue weighted by Gasteiger charge is -2.30. The highest BCUT2D eigenvalue weighted by Crippen LogP contribution is 2.31. The molecule has 1 aromatic carbocycles. The van der Waals surface area contributed by atoms with Gasteiger partial charge in [0.1, 0.15) is 12.1 Å². The molecule has 1 saturated heterocycles. The predicted molar refractivity (Wildman–Crippen MR) is 123 cm³/mol. The number of amides is 1. The number of nitrogens with one attached hydrogen (secondary N) is 2. The van der Waals surface area contributed by atoms with Crippen molar-refractivity contribution in [2.45, 2.75) is 26.3 Å². The van der Waals surface area contributed by atoms with Gasteiger partial charge in [-0.2, -0.15) is 5.10 Å². The van der Waals surface area contributed by atoms with Crippen molar-refractivity contribution in [1.29, 1.82) is 0 Å². The molecule has 4 aromatic rings. The van der Waals surface area contributed by atoms with E-state index in [4.69, 9.17) is 0 Å². The molecule has 0 aliphatic carbocycles. The number of carbonyl (C=O) groups excluding carboxylic acids is 1. The van der Waals surface area contributed by atoms with E-state index in [1.165, 1.54) is 15.1 Å². The lowest BCUT2D eigenvalue weighted by atomic mass is 10.1. The fourth-order valence-corrected chi connectivity index (χ4v) is 4.32. The van der Waals surface area contributed by atoms with Crippen LogP contribution in [0.4, 0.5) is 24.5 Å². The normalized spacial score (nSPS) is 14.8. The zero-order valence-electron chi connectivity index (χ0n) is 18.8. The first kappa shape index (κ1) is 22.2. The summed E-state index contributed by atoms with van der Waals surface area (Å²) in [7, 11) is 0. The van der Waals surface area contributed by atoms with E-state index >= 15 is 0 Å². The summed E-state index contributed by atoms with van der Waals surface area (Å²) >= 11 is 0.